The molecular weight excluding hydrogens is 136 g/mol. The molecule has 0 heterocycles. The second-order valence-corrected chi connectivity index (χ2v) is 1.99. The van der Waals surface area contributed by atoms with Crippen LogP contribution in [0.15, 0.2) is 43.1 Å². The summed E-state index contributed by atoms with van der Waals surface area (Å²) in [5.41, 5.74) is 0.838. The fourth-order valence-corrected chi connectivity index (χ4v) is 0.793. The van der Waals surface area contributed by atoms with E-state index in [1.54, 1.807) is 0 Å². The van der Waals surface area contributed by atoms with Gasteiger partial charge in [-0.05, 0) is 12.1 Å². The smallest absolute Gasteiger partial charge is 0.188 e. The van der Waals surface area contributed by atoms with E-state index in [0.717, 1.165) is 5.69 Å². The molecule has 0 amide bonds. The van der Waals surface area contributed by atoms with Gasteiger partial charge in [0, 0.05) is 6.20 Å². The monoisotopic (exact) mass is 144 g/mol. The van der Waals surface area contributed by atoms with Crippen LogP contribution in [0.5, 0.6) is 0 Å². The molecule has 0 saturated carbocycles. The van der Waals surface area contributed by atoms with Gasteiger partial charge in [0.1, 0.15) is 0 Å². The third-order valence-electron chi connectivity index (χ3n) is 1.32. The Morgan fingerprint density at radius 3 is 2.45 bits per heavy atom. The minimum atomic E-state index is 0.838. The van der Waals surface area contributed by atoms with Crippen LogP contribution in [-0.4, -0.2) is 0 Å². The fraction of sp³-hybridized carbons (Fsp3) is 0. The summed E-state index contributed by atoms with van der Waals surface area (Å²) in [5, 5.41) is 8.58. The molecule has 0 aliphatic rings. The highest BCUT2D eigenvalue weighted by molar-refractivity contribution is 5.52. The highest BCUT2D eigenvalue weighted by atomic mass is 15.1. The molecule has 2 nitrogen and oxygen atoms in total. The maximum absolute atomic E-state index is 8.58. The Kier molecular flexibility index (Phi) is 2.29. The van der Waals surface area contributed by atoms with Crippen molar-refractivity contribution in [3.8, 4) is 6.19 Å². The first-order valence-electron chi connectivity index (χ1n) is 3.25. The van der Waals surface area contributed by atoms with Gasteiger partial charge in [-0.2, -0.15) is 5.26 Å². The maximum Gasteiger partial charge on any atom is 0.188 e. The Morgan fingerprint density at radius 2 is 2.00 bits per heavy atom. The van der Waals surface area contributed by atoms with Crippen molar-refractivity contribution in [2.45, 2.75) is 0 Å². The van der Waals surface area contributed by atoms with Crippen LogP contribution >= 0.6 is 0 Å². The molecule has 0 aliphatic carbocycles. The molecule has 0 saturated heterocycles. The number of anilines is 1. The van der Waals surface area contributed by atoms with E-state index in [-0.39, 0.29) is 0 Å². The lowest BCUT2D eigenvalue weighted by Crippen LogP contribution is -2.05. The van der Waals surface area contributed by atoms with E-state index in [2.05, 4.69) is 6.58 Å². The van der Waals surface area contributed by atoms with Crippen molar-refractivity contribution in [1.82, 2.24) is 0 Å². The highest BCUT2D eigenvalue weighted by Gasteiger charge is 1.96. The lowest BCUT2D eigenvalue weighted by Gasteiger charge is -2.07. The maximum atomic E-state index is 8.58. The van der Waals surface area contributed by atoms with Crippen molar-refractivity contribution in [3.05, 3.63) is 43.1 Å². The van der Waals surface area contributed by atoms with Crippen LogP contribution in [0.2, 0.25) is 0 Å². The van der Waals surface area contributed by atoms with Gasteiger partial charge in [-0.1, -0.05) is 24.8 Å². The van der Waals surface area contributed by atoms with Gasteiger partial charge >= 0.3 is 0 Å². The fourth-order valence-electron chi connectivity index (χ4n) is 0.793. The Hall–Kier alpha value is -1.75. The summed E-state index contributed by atoms with van der Waals surface area (Å²) >= 11 is 0. The Morgan fingerprint density at radius 1 is 1.36 bits per heavy atom. The zero-order valence-electron chi connectivity index (χ0n) is 6.07. The summed E-state index contributed by atoms with van der Waals surface area (Å²) < 4.78 is 0. The van der Waals surface area contributed by atoms with Crippen molar-refractivity contribution >= 4 is 5.69 Å². The average Bonchev–Trinajstić information content (AvgIpc) is 2.09. The van der Waals surface area contributed by atoms with Crippen LogP contribution in [0, 0.1) is 11.5 Å². The second-order valence-electron chi connectivity index (χ2n) is 1.99. The number of nitrogens with zero attached hydrogens (tertiary/aromatic N) is 2. The number of hydrogen-bond acceptors (Lipinski definition) is 2. The molecule has 2 heteroatoms. The molecular formula is C9H8N2. The van der Waals surface area contributed by atoms with Crippen LogP contribution in [0.3, 0.4) is 0 Å². The third kappa shape index (κ3) is 1.59. The molecule has 0 bridgehead atoms. The van der Waals surface area contributed by atoms with E-state index in [1.165, 1.54) is 11.1 Å². The molecule has 54 valence electrons. The molecule has 11 heavy (non-hydrogen) atoms. The van der Waals surface area contributed by atoms with E-state index in [1.807, 2.05) is 36.5 Å². The Bertz CT molecular complexity index is 271. The van der Waals surface area contributed by atoms with Crippen molar-refractivity contribution in [1.29, 1.82) is 5.26 Å². The summed E-state index contributed by atoms with van der Waals surface area (Å²) in [7, 11) is 0. The molecule has 0 aromatic heterocycles. The summed E-state index contributed by atoms with van der Waals surface area (Å²) in [5.74, 6) is 0. The number of benzene rings is 1. The van der Waals surface area contributed by atoms with Gasteiger partial charge in [0.05, 0.1) is 5.69 Å². The van der Waals surface area contributed by atoms with Crippen molar-refractivity contribution in [2.75, 3.05) is 4.90 Å². The molecule has 1 rings (SSSR count). The van der Waals surface area contributed by atoms with Crippen LogP contribution in [0.4, 0.5) is 5.69 Å². The number of hydrogen-bond donors (Lipinski definition) is 0. The molecule has 1 aromatic rings. The molecule has 0 spiro atoms. The van der Waals surface area contributed by atoms with E-state index in [4.69, 9.17) is 5.26 Å². The summed E-state index contributed by atoms with van der Waals surface area (Å²) in [6.45, 7) is 3.51. The predicted octanol–water partition coefficient (Wildman–Crippen LogP) is 2.12. The first kappa shape index (κ1) is 7.36. The van der Waals surface area contributed by atoms with Gasteiger partial charge in [0.2, 0.25) is 0 Å². The number of rotatable bonds is 2. The average molecular weight is 144 g/mol. The van der Waals surface area contributed by atoms with Crippen LogP contribution < -0.4 is 4.90 Å². The quantitative estimate of drug-likeness (QED) is 0.469. The third-order valence-corrected chi connectivity index (χ3v) is 1.32. The van der Waals surface area contributed by atoms with Crippen molar-refractivity contribution < 1.29 is 0 Å². The van der Waals surface area contributed by atoms with Gasteiger partial charge in [-0.3, -0.25) is 4.90 Å². The topological polar surface area (TPSA) is 27.0 Å². The van der Waals surface area contributed by atoms with E-state index < -0.39 is 0 Å². The number of nitriles is 1. The van der Waals surface area contributed by atoms with Crippen molar-refractivity contribution in [3.63, 3.8) is 0 Å². The minimum Gasteiger partial charge on any atom is -0.256 e. The van der Waals surface area contributed by atoms with E-state index in [9.17, 15) is 0 Å². The first-order valence-corrected chi connectivity index (χ1v) is 3.25. The van der Waals surface area contributed by atoms with Gasteiger partial charge in [0.25, 0.3) is 0 Å². The molecule has 0 radical (unpaired) electrons. The van der Waals surface area contributed by atoms with Crippen LogP contribution in [-0.2, 0) is 0 Å². The van der Waals surface area contributed by atoms with Crippen molar-refractivity contribution in [2.24, 2.45) is 0 Å². The Balaban J connectivity index is 2.93. The largest absolute Gasteiger partial charge is 0.256 e. The number of para-hydroxylation sites is 1. The molecule has 0 fully saturated rings. The van der Waals surface area contributed by atoms with Gasteiger partial charge in [-0.25, -0.2) is 0 Å². The normalized spacial score (nSPS) is 8.27. The zero-order chi connectivity index (χ0) is 8.10. The summed E-state index contributed by atoms with van der Waals surface area (Å²) in [4.78, 5) is 1.40. The van der Waals surface area contributed by atoms with Crippen LogP contribution in [0.25, 0.3) is 0 Å². The second kappa shape index (κ2) is 3.43. The molecule has 0 atom stereocenters. The lowest BCUT2D eigenvalue weighted by molar-refractivity contribution is 1.28. The van der Waals surface area contributed by atoms with Gasteiger partial charge in [-0.15, -0.1) is 0 Å². The minimum absolute atomic E-state index is 0.838. The predicted molar refractivity (Wildman–Crippen MR) is 44.7 cm³/mol. The van der Waals surface area contributed by atoms with Gasteiger partial charge < -0.3 is 0 Å². The van der Waals surface area contributed by atoms with Crippen LogP contribution in [0.1, 0.15) is 0 Å². The molecule has 0 N–H and O–H groups in total. The SMILES string of the molecule is C=CN(C#N)c1ccccc1. The summed E-state index contributed by atoms with van der Waals surface area (Å²) in [6, 6.07) is 9.37. The van der Waals surface area contributed by atoms with E-state index in [0.29, 0.717) is 0 Å². The van der Waals surface area contributed by atoms with Gasteiger partial charge in [0.15, 0.2) is 6.19 Å². The highest BCUT2D eigenvalue weighted by Crippen LogP contribution is 2.11. The molecule has 0 unspecified atom stereocenters. The summed E-state index contributed by atoms with van der Waals surface area (Å²) in [6.07, 6.45) is 3.46. The first-order chi connectivity index (χ1) is 5.38. The zero-order valence-corrected chi connectivity index (χ0v) is 6.07. The molecule has 1 aromatic carbocycles. The van der Waals surface area contributed by atoms with E-state index >= 15 is 0 Å². The Labute approximate surface area is 66.0 Å². The standard InChI is InChI=1S/C9H8N2/c1-2-11(8-10)9-6-4-3-5-7-9/h2-7H,1H2. The lowest BCUT2D eigenvalue weighted by atomic mass is 10.3. The molecule has 0 aliphatic heterocycles.